The van der Waals surface area contributed by atoms with E-state index in [1.165, 1.54) is 11.4 Å². The second-order valence-corrected chi connectivity index (χ2v) is 10.5. The van der Waals surface area contributed by atoms with Gasteiger partial charge in [-0.3, -0.25) is 14.5 Å². The summed E-state index contributed by atoms with van der Waals surface area (Å²) >= 11 is 0. The Balaban J connectivity index is 1.34. The minimum absolute atomic E-state index is 0.0191. The maximum absolute atomic E-state index is 12.8. The van der Waals surface area contributed by atoms with E-state index in [2.05, 4.69) is 15.2 Å². The summed E-state index contributed by atoms with van der Waals surface area (Å²) in [5.41, 5.74) is 11.3. The fraction of sp³-hybridized carbons (Fsp3) is 0.429. The number of piperidine rings is 1. The summed E-state index contributed by atoms with van der Waals surface area (Å²) in [5, 5.41) is 8.89. The zero-order valence-electron chi connectivity index (χ0n) is 22.8. The average Bonchev–Trinajstić information content (AvgIpc) is 3.64. The molecule has 0 radical (unpaired) electrons. The summed E-state index contributed by atoms with van der Waals surface area (Å²) in [6, 6.07) is 5.82. The number of rotatable bonds is 7. The van der Waals surface area contributed by atoms with Crippen LogP contribution in [0.3, 0.4) is 0 Å². The molecule has 12 heteroatoms. The first kappa shape index (κ1) is 25.9. The molecular weight excluding hydrogens is 512 g/mol. The van der Waals surface area contributed by atoms with Crippen LogP contribution < -0.4 is 5.73 Å². The summed E-state index contributed by atoms with van der Waals surface area (Å²) in [7, 11) is 3.44. The molecule has 0 aromatic carbocycles. The van der Waals surface area contributed by atoms with Crippen molar-refractivity contribution in [1.82, 2.24) is 34.3 Å². The summed E-state index contributed by atoms with van der Waals surface area (Å²) in [6.07, 6.45) is 8.18. The third kappa shape index (κ3) is 4.47. The first-order valence-corrected chi connectivity index (χ1v) is 13.4. The second-order valence-electron chi connectivity index (χ2n) is 10.5. The van der Waals surface area contributed by atoms with Gasteiger partial charge >= 0.3 is 6.09 Å². The molecule has 2 N–H and O–H groups in total. The summed E-state index contributed by atoms with van der Waals surface area (Å²) < 4.78 is 13.7. The van der Waals surface area contributed by atoms with Gasteiger partial charge in [-0.05, 0) is 44.7 Å². The van der Waals surface area contributed by atoms with Gasteiger partial charge in [-0.25, -0.2) is 9.78 Å². The lowest BCUT2D eigenvalue weighted by molar-refractivity contribution is 0.0467. The van der Waals surface area contributed by atoms with E-state index in [1.807, 2.05) is 36.3 Å². The number of anilines is 1. The zero-order chi connectivity index (χ0) is 28.0. The van der Waals surface area contributed by atoms with Gasteiger partial charge < -0.3 is 20.1 Å². The van der Waals surface area contributed by atoms with Crippen LogP contribution in [0.25, 0.3) is 28.2 Å². The van der Waals surface area contributed by atoms with Crippen LogP contribution in [0.4, 0.5) is 10.6 Å². The number of nitrogens with zero attached hydrogens (tertiary/aromatic N) is 7. The van der Waals surface area contributed by atoms with Crippen LogP contribution in [0.1, 0.15) is 54.6 Å². The van der Waals surface area contributed by atoms with Crippen molar-refractivity contribution in [2.24, 2.45) is 7.05 Å². The Kier molecular flexibility index (Phi) is 6.70. The van der Waals surface area contributed by atoms with Crippen molar-refractivity contribution in [3.63, 3.8) is 0 Å². The van der Waals surface area contributed by atoms with Crippen LogP contribution >= 0.6 is 0 Å². The average molecular weight is 545 g/mol. The Morgan fingerprint density at radius 1 is 1.07 bits per heavy atom. The molecule has 3 atom stereocenters. The molecule has 2 aliphatic heterocycles. The van der Waals surface area contributed by atoms with Crippen LogP contribution in [0.15, 0.2) is 36.8 Å². The molecule has 12 nitrogen and oxygen atoms in total. The topological polar surface area (TPSA) is 143 Å². The van der Waals surface area contributed by atoms with E-state index in [0.717, 1.165) is 35.4 Å². The van der Waals surface area contributed by atoms with E-state index in [4.69, 9.17) is 20.2 Å². The van der Waals surface area contributed by atoms with Crippen LogP contribution in [0, 0.1) is 0 Å². The molecule has 6 rings (SSSR count). The summed E-state index contributed by atoms with van der Waals surface area (Å²) in [6.45, 7) is 2.09. The van der Waals surface area contributed by atoms with Gasteiger partial charge in [-0.1, -0.05) is 6.07 Å². The molecule has 2 bridgehead atoms. The second kappa shape index (κ2) is 10.3. The molecule has 2 saturated heterocycles. The van der Waals surface area contributed by atoms with Gasteiger partial charge in [-0.15, -0.1) is 0 Å². The van der Waals surface area contributed by atoms with E-state index in [1.54, 1.807) is 24.2 Å². The molecule has 208 valence electrons. The van der Waals surface area contributed by atoms with Crippen LogP contribution in [0.5, 0.6) is 0 Å². The van der Waals surface area contributed by atoms with Crippen molar-refractivity contribution in [3.8, 4) is 22.5 Å². The molecular formula is C28H32N8O4. The number of amides is 1. The van der Waals surface area contributed by atoms with Crippen LogP contribution in [-0.4, -0.2) is 78.5 Å². The SMILES string of the molecule is COCCOC(=O)N1C2CC[C@H]1C[C@@H](c1nc3c(-c4ccc(-c5ccn(C)n5)nc4)cnn3c(N)c1C(C)=O)C2. The normalized spacial score (nSPS) is 20.3. The van der Waals surface area contributed by atoms with Gasteiger partial charge in [0.25, 0.3) is 0 Å². The number of fused-ring (bicyclic) bond motifs is 3. The Labute approximate surface area is 231 Å². The maximum Gasteiger partial charge on any atom is 0.410 e. The van der Waals surface area contributed by atoms with E-state index in [-0.39, 0.29) is 42.3 Å². The highest BCUT2D eigenvalue weighted by Gasteiger charge is 2.45. The number of carbonyl (C=O) groups excluding carboxylic acids is 2. The number of hydrogen-bond donors (Lipinski definition) is 1. The smallest absolute Gasteiger partial charge is 0.410 e. The van der Waals surface area contributed by atoms with Gasteiger partial charge in [0.2, 0.25) is 0 Å². The van der Waals surface area contributed by atoms with Crippen molar-refractivity contribution < 1.29 is 19.1 Å². The number of nitrogens with two attached hydrogens (primary N) is 1. The maximum atomic E-state index is 12.8. The Bertz CT molecular complexity index is 1560. The zero-order valence-corrected chi connectivity index (χ0v) is 22.8. The number of methoxy groups -OCH3 is 1. The predicted octanol–water partition coefficient (Wildman–Crippen LogP) is 3.47. The van der Waals surface area contributed by atoms with E-state index >= 15 is 0 Å². The first-order valence-electron chi connectivity index (χ1n) is 13.4. The van der Waals surface area contributed by atoms with Gasteiger partial charge in [0.05, 0.1) is 29.8 Å². The predicted molar refractivity (Wildman–Crippen MR) is 147 cm³/mol. The fourth-order valence-electron chi connectivity index (χ4n) is 6.13. The van der Waals surface area contributed by atoms with E-state index in [0.29, 0.717) is 36.4 Å². The third-order valence-corrected chi connectivity index (χ3v) is 7.96. The molecule has 40 heavy (non-hydrogen) atoms. The van der Waals surface area contributed by atoms with Crippen LogP contribution in [0.2, 0.25) is 0 Å². The molecule has 6 heterocycles. The molecule has 1 unspecified atom stereocenters. The highest BCUT2D eigenvalue weighted by molar-refractivity contribution is 6.00. The molecule has 1 amide bonds. The van der Waals surface area contributed by atoms with Gasteiger partial charge in [0, 0.05) is 55.7 Å². The Morgan fingerprint density at radius 3 is 2.48 bits per heavy atom. The molecule has 4 aromatic heterocycles. The standard InChI is InChI=1S/C28H32N8O4/c1-16(37)24-25(18-12-19-5-6-20(13-18)35(19)28(38)40-11-10-39-3)32-27-21(15-31-36(27)26(24)29)17-4-7-22(30-14-17)23-8-9-34(2)33-23/h4,7-9,14-15,18-20H,5-6,10-13,29H2,1-3H3/t18-,19+,20?/m1/s1. The molecule has 4 aromatic rings. The number of nitrogen functional groups attached to an aromatic ring is 1. The van der Waals surface area contributed by atoms with Crippen LogP contribution in [-0.2, 0) is 16.5 Å². The number of pyridine rings is 1. The van der Waals surface area contributed by atoms with Crippen molar-refractivity contribution >= 4 is 23.3 Å². The fourth-order valence-corrected chi connectivity index (χ4v) is 6.13. The number of aromatic nitrogens is 6. The van der Waals surface area contributed by atoms with Crippen molar-refractivity contribution in [2.45, 2.75) is 50.6 Å². The number of hydrogen-bond acceptors (Lipinski definition) is 9. The molecule has 0 aliphatic carbocycles. The van der Waals surface area contributed by atoms with Crippen molar-refractivity contribution in [1.29, 1.82) is 0 Å². The molecule has 0 saturated carbocycles. The highest BCUT2D eigenvalue weighted by Crippen LogP contribution is 2.44. The van der Waals surface area contributed by atoms with E-state index < -0.39 is 0 Å². The quantitative estimate of drug-likeness (QED) is 0.273. The van der Waals surface area contributed by atoms with E-state index in [9.17, 15) is 9.59 Å². The molecule has 2 fully saturated rings. The van der Waals surface area contributed by atoms with Gasteiger partial charge in [-0.2, -0.15) is 14.7 Å². The Morgan fingerprint density at radius 2 is 1.85 bits per heavy atom. The van der Waals surface area contributed by atoms with Crippen molar-refractivity contribution in [3.05, 3.63) is 48.0 Å². The lowest BCUT2D eigenvalue weighted by Crippen LogP contribution is -2.46. The molecule has 2 aliphatic rings. The number of Topliss-reactive ketones (excluding diaryl/α,β-unsaturated/α-hetero) is 1. The lowest BCUT2D eigenvalue weighted by Gasteiger charge is -2.38. The Hall–Kier alpha value is -4.32. The molecule has 0 spiro atoms. The monoisotopic (exact) mass is 544 g/mol. The van der Waals surface area contributed by atoms with Crippen molar-refractivity contribution in [2.75, 3.05) is 26.1 Å². The number of ketones is 1. The highest BCUT2D eigenvalue weighted by atomic mass is 16.6. The summed E-state index contributed by atoms with van der Waals surface area (Å²) in [4.78, 5) is 37.1. The largest absolute Gasteiger partial charge is 0.447 e. The number of aryl methyl sites for hydroxylation is 1. The number of ether oxygens (including phenoxy) is 2. The number of carbonyl (C=O) groups is 2. The van der Waals surface area contributed by atoms with Gasteiger partial charge in [0.1, 0.15) is 18.1 Å². The first-order chi connectivity index (χ1) is 19.4. The summed E-state index contributed by atoms with van der Waals surface area (Å²) in [5.74, 6) is 0.0822. The van der Waals surface area contributed by atoms with Gasteiger partial charge in [0.15, 0.2) is 11.4 Å². The lowest BCUT2D eigenvalue weighted by atomic mass is 9.85. The third-order valence-electron chi connectivity index (χ3n) is 7.96. The minimum atomic E-state index is -0.308. The minimum Gasteiger partial charge on any atom is -0.447 e.